The zero-order valence-corrected chi connectivity index (χ0v) is 13.1. The van der Waals surface area contributed by atoms with Gasteiger partial charge in [-0.15, -0.1) is 11.3 Å². The van der Waals surface area contributed by atoms with Crippen LogP contribution < -0.4 is 0 Å². The topological polar surface area (TPSA) is 20.2 Å². The van der Waals surface area contributed by atoms with Crippen molar-refractivity contribution >= 4 is 27.3 Å². The van der Waals surface area contributed by atoms with Crippen molar-refractivity contribution in [3.63, 3.8) is 0 Å². The molecule has 0 aromatic carbocycles. The summed E-state index contributed by atoms with van der Waals surface area (Å²) in [6.45, 7) is 10.9. The standard InChI is InChI=1S/C13H21BrOS/c1-8(13(3,4)5)6-11(15)12-10(14)7-9(2)16-12/h7-8,11,15H,6H2,1-5H3. The predicted octanol–water partition coefficient (Wildman–Crippen LogP) is 4.92. The Kier molecular flexibility index (Phi) is 4.61. The molecule has 0 aliphatic rings. The number of aryl methyl sites for hydroxylation is 1. The summed E-state index contributed by atoms with van der Waals surface area (Å²) in [7, 11) is 0. The molecule has 2 atom stereocenters. The van der Waals surface area contributed by atoms with Gasteiger partial charge in [-0.3, -0.25) is 0 Å². The third-order valence-electron chi connectivity index (χ3n) is 3.19. The van der Waals surface area contributed by atoms with Crippen LogP contribution in [0, 0.1) is 18.3 Å². The van der Waals surface area contributed by atoms with Crippen LogP contribution in [0.1, 0.15) is 50.0 Å². The molecule has 0 radical (unpaired) electrons. The quantitative estimate of drug-likeness (QED) is 0.840. The van der Waals surface area contributed by atoms with E-state index < -0.39 is 0 Å². The summed E-state index contributed by atoms with van der Waals surface area (Å²) in [4.78, 5) is 2.30. The molecule has 1 heterocycles. The summed E-state index contributed by atoms with van der Waals surface area (Å²) in [5, 5.41) is 10.2. The van der Waals surface area contributed by atoms with Gasteiger partial charge in [0.1, 0.15) is 0 Å². The second-order valence-corrected chi connectivity index (χ2v) is 7.73. The third kappa shape index (κ3) is 3.57. The summed E-state index contributed by atoms with van der Waals surface area (Å²) in [6.07, 6.45) is 0.476. The Balaban J connectivity index is 2.73. The molecule has 0 aliphatic heterocycles. The van der Waals surface area contributed by atoms with Crippen molar-refractivity contribution in [3.05, 3.63) is 20.3 Å². The molecule has 1 nitrogen and oxygen atoms in total. The Hall–Kier alpha value is 0.140. The van der Waals surface area contributed by atoms with Crippen molar-refractivity contribution in [1.82, 2.24) is 0 Å². The van der Waals surface area contributed by atoms with Gasteiger partial charge in [-0.25, -0.2) is 0 Å². The first-order chi connectivity index (χ1) is 7.21. The fourth-order valence-electron chi connectivity index (χ4n) is 1.52. The zero-order valence-electron chi connectivity index (χ0n) is 10.7. The Morgan fingerprint density at radius 2 is 2.00 bits per heavy atom. The van der Waals surface area contributed by atoms with Crippen LogP contribution in [0.5, 0.6) is 0 Å². The molecule has 2 unspecified atom stereocenters. The number of thiophene rings is 1. The van der Waals surface area contributed by atoms with E-state index in [0.29, 0.717) is 5.92 Å². The van der Waals surface area contributed by atoms with Crippen LogP contribution >= 0.6 is 27.3 Å². The number of aliphatic hydroxyl groups excluding tert-OH is 1. The lowest BCUT2D eigenvalue weighted by atomic mass is 9.79. The SMILES string of the molecule is Cc1cc(Br)c(C(O)CC(C)C(C)(C)C)s1. The molecule has 1 aromatic heterocycles. The van der Waals surface area contributed by atoms with Crippen LogP contribution in [-0.2, 0) is 0 Å². The van der Waals surface area contributed by atoms with Crippen molar-refractivity contribution in [2.24, 2.45) is 11.3 Å². The Bertz CT molecular complexity index is 351. The van der Waals surface area contributed by atoms with Gasteiger partial charge < -0.3 is 5.11 Å². The van der Waals surface area contributed by atoms with E-state index in [1.54, 1.807) is 11.3 Å². The van der Waals surface area contributed by atoms with Gasteiger partial charge in [0.05, 0.1) is 6.10 Å². The lowest BCUT2D eigenvalue weighted by Gasteiger charge is -2.28. The molecule has 0 amide bonds. The van der Waals surface area contributed by atoms with Crippen molar-refractivity contribution < 1.29 is 5.11 Å². The molecule has 3 heteroatoms. The molecule has 1 rings (SSSR count). The molecule has 0 saturated carbocycles. The van der Waals surface area contributed by atoms with E-state index in [4.69, 9.17) is 0 Å². The van der Waals surface area contributed by atoms with E-state index >= 15 is 0 Å². The number of hydrogen-bond acceptors (Lipinski definition) is 2. The Morgan fingerprint density at radius 1 is 1.44 bits per heavy atom. The van der Waals surface area contributed by atoms with E-state index in [1.807, 2.05) is 0 Å². The van der Waals surface area contributed by atoms with Crippen LogP contribution in [0.25, 0.3) is 0 Å². The maximum Gasteiger partial charge on any atom is 0.0896 e. The molecule has 0 fully saturated rings. The summed E-state index contributed by atoms with van der Waals surface area (Å²) in [6, 6.07) is 2.07. The smallest absolute Gasteiger partial charge is 0.0896 e. The van der Waals surface area contributed by atoms with Crippen LogP contribution in [0.15, 0.2) is 10.5 Å². The van der Waals surface area contributed by atoms with Gasteiger partial charge in [0.15, 0.2) is 0 Å². The van der Waals surface area contributed by atoms with Gasteiger partial charge >= 0.3 is 0 Å². The molecular weight excluding hydrogens is 284 g/mol. The highest BCUT2D eigenvalue weighted by atomic mass is 79.9. The van der Waals surface area contributed by atoms with Crippen molar-refractivity contribution in [2.45, 2.75) is 47.1 Å². The van der Waals surface area contributed by atoms with Gasteiger partial charge in [0.25, 0.3) is 0 Å². The average molecular weight is 305 g/mol. The number of rotatable bonds is 3. The molecule has 0 spiro atoms. The summed E-state index contributed by atoms with van der Waals surface area (Å²) < 4.78 is 1.05. The summed E-state index contributed by atoms with van der Waals surface area (Å²) >= 11 is 5.19. The number of aliphatic hydroxyl groups is 1. The number of hydrogen-bond donors (Lipinski definition) is 1. The maximum absolute atomic E-state index is 10.2. The van der Waals surface area contributed by atoms with Crippen molar-refractivity contribution in [3.8, 4) is 0 Å². The van der Waals surface area contributed by atoms with Gasteiger partial charge in [-0.1, -0.05) is 27.7 Å². The molecule has 16 heavy (non-hydrogen) atoms. The summed E-state index contributed by atoms with van der Waals surface area (Å²) in [5.74, 6) is 0.497. The molecular formula is C13H21BrOS. The Morgan fingerprint density at radius 3 is 2.38 bits per heavy atom. The third-order valence-corrected chi connectivity index (χ3v) is 5.26. The van der Waals surface area contributed by atoms with Crippen LogP contribution in [0.4, 0.5) is 0 Å². The lowest BCUT2D eigenvalue weighted by Crippen LogP contribution is -2.19. The van der Waals surface area contributed by atoms with Crippen LogP contribution in [0.2, 0.25) is 0 Å². The summed E-state index contributed by atoms with van der Waals surface area (Å²) in [5.41, 5.74) is 0.250. The number of halogens is 1. The normalized spacial score (nSPS) is 16.2. The molecule has 0 bridgehead atoms. The van der Waals surface area contributed by atoms with Crippen molar-refractivity contribution in [2.75, 3.05) is 0 Å². The van der Waals surface area contributed by atoms with E-state index in [1.165, 1.54) is 4.88 Å². The van der Waals surface area contributed by atoms with Crippen LogP contribution in [-0.4, -0.2) is 5.11 Å². The molecule has 1 N–H and O–H groups in total. The minimum absolute atomic E-state index is 0.250. The molecule has 0 aliphatic carbocycles. The predicted molar refractivity (Wildman–Crippen MR) is 75.0 cm³/mol. The fraction of sp³-hybridized carbons (Fsp3) is 0.692. The minimum Gasteiger partial charge on any atom is -0.388 e. The largest absolute Gasteiger partial charge is 0.388 e. The van der Waals surface area contributed by atoms with Crippen molar-refractivity contribution in [1.29, 1.82) is 0 Å². The van der Waals surface area contributed by atoms with Crippen LogP contribution in [0.3, 0.4) is 0 Å². The minimum atomic E-state index is -0.345. The molecule has 0 saturated heterocycles. The van der Waals surface area contributed by atoms with Gasteiger partial charge in [-0.05, 0) is 46.7 Å². The first-order valence-electron chi connectivity index (χ1n) is 5.65. The van der Waals surface area contributed by atoms with E-state index in [-0.39, 0.29) is 11.5 Å². The van der Waals surface area contributed by atoms with E-state index in [2.05, 4.69) is 56.6 Å². The van der Waals surface area contributed by atoms with Gasteiger partial charge in [-0.2, -0.15) is 0 Å². The first-order valence-corrected chi connectivity index (χ1v) is 7.26. The fourth-order valence-corrected chi connectivity index (χ4v) is 3.44. The van der Waals surface area contributed by atoms with E-state index in [0.717, 1.165) is 15.8 Å². The van der Waals surface area contributed by atoms with Gasteiger partial charge in [0.2, 0.25) is 0 Å². The Labute approximate surface area is 111 Å². The van der Waals surface area contributed by atoms with E-state index in [9.17, 15) is 5.11 Å². The first kappa shape index (κ1) is 14.2. The zero-order chi connectivity index (χ0) is 12.5. The maximum atomic E-state index is 10.2. The highest BCUT2D eigenvalue weighted by molar-refractivity contribution is 9.10. The highest BCUT2D eigenvalue weighted by Gasteiger charge is 2.25. The highest BCUT2D eigenvalue weighted by Crippen LogP contribution is 2.38. The second-order valence-electron chi connectivity index (χ2n) is 5.59. The molecule has 1 aromatic rings. The lowest BCUT2D eigenvalue weighted by molar-refractivity contribution is 0.113. The average Bonchev–Trinajstić information content (AvgIpc) is 2.43. The van der Waals surface area contributed by atoms with Gasteiger partial charge in [0, 0.05) is 14.2 Å². The molecule has 92 valence electrons. The monoisotopic (exact) mass is 304 g/mol. The second kappa shape index (κ2) is 5.19.